The van der Waals surface area contributed by atoms with Crippen molar-refractivity contribution in [3.05, 3.63) is 35.5 Å². The SMILES string of the molecule is C=C(C)C(=C\C=C(C)C)/C(CCC)=N/O. The van der Waals surface area contributed by atoms with Crippen molar-refractivity contribution in [3.63, 3.8) is 0 Å². The van der Waals surface area contributed by atoms with Crippen molar-refractivity contribution < 1.29 is 5.21 Å². The first-order valence-electron chi connectivity index (χ1n) is 5.25. The van der Waals surface area contributed by atoms with Gasteiger partial charge in [-0.3, -0.25) is 0 Å². The molecule has 0 amide bonds. The lowest BCUT2D eigenvalue weighted by Crippen LogP contribution is -2.03. The second kappa shape index (κ2) is 7.04. The van der Waals surface area contributed by atoms with Gasteiger partial charge in [-0.2, -0.15) is 0 Å². The molecular formula is C13H21NO. The molecule has 0 spiro atoms. The van der Waals surface area contributed by atoms with Crippen LogP contribution >= 0.6 is 0 Å². The van der Waals surface area contributed by atoms with Crippen LogP contribution in [0.3, 0.4) is 0 Å². The Hall–Kier alpha value is -1.31. The Labute approximate surface area is 92.7 Å². The van der Waals surface area contributed by atoms with Gasteiger partial charge >= 0.3 is 0 Å². The monoisotopic (exact) mass is 207 g/mol. The molecule has 84 valence electrons. The molecule has 0 aliphatic carbocycles. The predicted octanol–water partition coefficient (Wildman–Crippen LogP) is 4.09. The topological polar surface area (TPSA) is 32.6 Å². The van der Waals surface area contributed by atoms with Gasteiger partial charge < -0.3 is 5.21 Å². The van der Waals surface area contributed by atoms with E-state index in [1.165, 1.54) is 5.57 Å². The van der Waals surface area contributed by atoms with Gasteiger partial charge in [-0.15, -0.1) is 0 Å². The Morgan fingerprint density at radius 3 is 2.20 bits per heavy atom. The van der Waals surface area contributed by atoms with Gasteiger partial charge in [0.05, 0.1) is 5.71 Å². The standard InChI is InChI=1S/C13H21NO/c1-6-7-13(14-15)12(11(4)5)9-8-10(2)3/h8-9,15H,4,6-7H2,1-3,5H3/b12-9+,14-13+. The number of rotatable bonds is 5. The van der Waals surface area contributed by atoms with Crippen LogP contribution in [0.5, 0.6) is 0 Å². The highest BCUT2D eigenvalue weighted by atomic mass is 16.4. The molecule has 0 fully saturated rings. The molecule has 0 saturated heterocycles. The summed E-state index contributed by atoms with van der Waals surface area (Å²) in [7, 11) is 0. The maximum Gasteiger partial charge on any atom is 0.0870 e. The smallest absolute Gasteiger partial charge is 0.0870 e. The summed E-state index contributed by atoms with van der Waals surface area (Å²) in [6.07, 6.45) is 5.69. The molecule has 0 atom stereocenters. The quantitative estimate of drug-likeness (QED) is 0.313. The van der Waals surface area contributed by atoms with Crippen molar-refractivity contribution in [2.45, 2.75) is 40.5 Å². The van der Waals surface area contributed by atoms with Crippen molar-refractivity contribution in [1.82, 2.24) is 0 Å². The van der Waals surface area contributed by atoms with Crippen LogP contribution in [0.1, 0.15) is 40.5 Å². The third-order valence-corrected chi connectivity index (χ3v) is 1.96. The molecule has 2 nitrogen and oxygen atoms in total. The summed E-state index contributed by atoms with van der Waals surface area (Å²) in [4.78, 5) is 0. The van der Waals surface area contributed by atoms with Gasteiger partial charge in [0.15, 0.2) is 0 Å². The van der Waals surface area contributed by atoms with Crippen molar-refractivity contribution >= 4 is 5.71 Å². The van der Waals surface area contributed by atoms with Gasteiger partial charge in [-0.05, 0) is 32.8 Å². The van der Waals surface area contributed by atoms with Gasteiger partial charge in [0.25, 0.3) is 0 Å². The lowest BCUT2D eigenvalue weighted by molar-refractivity contribution is 0.318. The lowest BCUT2D eigenvalue weighted by Gasteiger charge is -2.07. The minimum absolute atomic E-state index is 0.711. The van der Waals surface area contributed by atoms with E-state index in [0.717, 1.165) is 24.0 Å². The van der Waals surface area contributed by atoms with Crippen LogP contribution in [0, 0.1) is 0 Å². The Morgan fingerprint density at radius 2 is 1.87 bits per heavy atom. The zero-order valence-electron chi connectivity index (χ0n) is 10.2. The van der Waals surface area contributed by atoms with Crippen LogP contribution in [0.15, 0.2) is 40.6 Å². The van der Waals surface area contributed by atoms with Crippen molar-refractivity contribution in [3.8, 4) is 0 Å². The second-order valence-corrected chi connectivity index (χ2v) is 3.90. The van der Waals surface area contributed by atoms with E-state index in [-0.39, 0.29) is 0 Å². The maximum atomic E-state index is 8.93. The summed E-state index contributed by atoms with van der Waals surface area (Å²) in [5.41, 5.74) is 3.78. The summed E-state index contributed by atoms with van der Waals surface area (Å²) in [5.74, 6) is 0. The van der Waals surface area contributed by atoms with E-state index in [1.807, 2.05) is 32.9 Å². The molecule has 0 aromatic heterocycles. The molecule has 0 aromatic carbocycles. The van der Waals surface area contributed by atoms with Crippen LogP contribution in [0.4, 0.5) is 0 Å². The first-order valence-corrected chi connectivity index (χ1v) is 5.25. The molecule has 1 N–H and O–H groups in total. The number of hydrogen-bond donors (Lipinski definition) is 1. The van der Waals surface area contributed by atoms with Crippen LogP contribution in [-0.4, -0.2) is 10.9 Å². The van der Waals surface area contributed by atoms with E-state index in [1.54, 1.807) is 0 Å². The van der Waals surface area contributed by atoms with Crippen LogP contribution in [0.2, 0.25) is 0 Å². The Morgan fingerprint density at radius 1 is 1.27 bits per heavy atom. The normalized spacial score (nSPS) is 12.5. The van der Waals surface area contributed by atoms with E-state index in [2.05, 4.69) is 18.7 Å². The van der Waals surface area contributed by atoms with Crippen molar-refractivity contribution in [1.29, 1.82) is 0 Å². The summed E-state index contributed by atoms with van der Waals surface area (Å²) in [5, 5.41) is 12.3. The molecule has 15 heavy (non-hydrogen) atoms. The Balaban J connectivity index is 5.04. The summed E-state index contributed by atoms with van der Waals surface area (Å²) in [6.45, 7) is 11.9. The zero-order chi connectivity index (χ0) is 11.8. The minimum Gasteiger partial charge on any atom is -0.411 e. The first-order chi connectivity index (χ1) is 7.02. The Kier molecular flexibility index (Phi) is 6.43. The number of nitrogens with zero attached hydrogens (tertiary/aromatic N) is 1. The zero-order valence-corrected chi connectivity index (χ0v) is 10.2. The summed E-state index contributed by atoms with van der Waals surface area (Å²) < 4.78 is 0. The number of oxime groups is 1. The average molecular weight is 207 g/mol. The molecule has 0 bridgehead atoms. The van der Waals surface area contributed by atoms with Crippen LogP contribution in [-0.2, 0) is 0 Å². The average Bonchev–Trinajstić information content (AvgIpc) is 2.15. The van der Waals surface area contributed by atoms with Gasteiger partial charge in [-0.1, -0.05) is 42.8 Å². The largest absolute Gasteiger partial charge is 0.411 e. The highest BCUT2D eigenvalue weighted by Crippen LogP contribution is 2.14. The fraction of sp³-hybridized carbons (Fsp3) is 0.462. The number of hydrogen-bond acceptors (Lipinski definition) is 2. The molecule has 0 saturated carbocycles. The van der Waals surface area contributed by atoms with Gasteiger partial charge in [0.1, 0.15) is 0 Å². The third-order valence-electron chi connectivity index (χ3n) is 1.96. The molecule has 0 radical (unpaired) electrons. The van der Waals surface area contributed by atoms with E-state index in [9.17, 15) is 0 Å². The fourth-order valence-corrected chi connectivity index (χ4v) is 1.21. The summed E-state index contributed by atoms with van der Waals surface area (Å²) >= 11 is 0. The summed E-state index contributed by atoms with van der Waals surface area (Å²) in [6, 6.07) is 0. The van der Waals surface area contributed by atoms with Crippen molar-refractivity contribution in [2.75, 3.05) is 0 Å². The van der Waals surface area contributed by atoms with Crippen molar-refractivity contribution in [2.24, 2.45) is 5.16 Å². The fourth-order valence-electron chi connectivity index (χ4n) is 1.21. The van der Waals surface area contributed by atoms with Crippen LogP contribution in [0.25, 0.3) is 0 Å². The molecule has 0 heterocycles. The third kappa shape index (κ3) is 5.21. The molecule has 0 unspecified atom stereocenters. The van der Waals surface area contributed by atoms with Crippen LogP contribution < -0.4 is 0 Å². The van der Waals surface area contributed by atoms with E-state index < -0.39 is 0 Å². The first kappa shape index (κ1) is 13.7. The molecule has 0 aliphatic heterocycles. The Bertz CT molecular complexity index is 304. The molecular weight excluding hydrogens is 186 g/mol. The highest BCUT2D eigenvalue weighted by molar-refractivity contribution is 6.03. The van der Waals surface area contributed by atoms with Gasteiger partial charge in [-0.25, -0.2) is 0 Å². The number of allylic oxidation sites excluding steroid dienone is 5. The minimum atomic E-state index is 0.711. The highest BCUT2D eigenvalue weighted by Gasteiger charge is 2.06. The molecule has 0 aliphatic rings. The molecule has 2 heteroatoms. The van der Waals surface area contributed by atoms with E-state index >= 15 is 0 Å². The maximum absolute atomic E-state index is 8.93. The molecule has 0 aromatic rings. The molecule has 0 rings (SSSR count). The van der Waals surface area contributed by atoms with Gasteiger partial charge in [0.2, 0.25) is 0 Å². The van der Waals surface area contributed by atoms with Gasteiger partial charge in [0, 0.05) is 5.57 Å². The van der Waals surface area contributed by atoms with E-state index in [0.29, 0.717) is 5.71 Å². The van der Waals surface area contributed by atoms with E-state index in [4.69, 9.17) is 5.21 Å². The predicted molar refractivity (Wildman–Crippen MR) is 66.5 cm³/mol. The lowest BCUT2D eigenvalue weighted by atomic mass is 9.99. The second-order valence-electron chi connectivity index (χ2n) is 3.90.